The number of nitrogens with zero attached hydrogens (tertiary/aromatic N) is 3. The van der Waals surface area contributed by atoms with Gasteiger partial charge in [-0.15, -0.1) is 0 Å². The Kier molecular flexibility index (Phi) is 13.4. The number of hydrogen-bond acceptors (Lipinski definition) is 9. The molecule has 8 rings (SSSR count). The highest BCUT2D eigenvalue weighted by atomic mass is 35.5. The van der Waals surface area contributed by atoms with Gasteiger partial charge in [0.1, 0.15) is 29.7 Å². The molecule has 4 atom stereocenters. The van der Waals surface area contributed by atoms with Gasteiger partial charge in [0.2, 0.25) is 5.91 Å². The molecule has 5 aromatic rings. The van der Waals surface area contributed by atoms with Crippen molar-refractivity contribution in [3.8, 4) is 22.6 Å². The monoisotopic (exact) mass is 876 g/mol. The summed E-state index contributed by atoms with van der Waals surface area (Å²) < 4.78 is 24.0. The summed E-state index contributed by atoms with van der Waals surface area (Å²) in [5.74, 6) is 1.24. The van der Waals surface area contributed by atoms with E-state index in [9.17, 15) is 9.59 Å². The van der Waals surface area contributed by atoms with E-state index < -0.39 is 18.1 Å². The van der Waals surface area contributed by atoms with Crippen LogP contribution in [0, 0.1) is 19.8 Å². The van der Waals surface area contributed by atoms with Crippen molar-refractivity contribution >= 4 is 40.8 Å². The van der Waals surface area contributed by atoms with Gasteiger partial charge in [-0.05, 0) is 114 Å². The van der Waals surface area contributed by atoms with Crippen LogP contribution in [0.1, 0.15) is 71.0 Å². The summed E-state index contributed by atoms with van der Waals surface area (Å²) in [4.78, 5) is 36.5. The lowest BCUT2D eigenvalue weighted by Crippen LogP contribution is -2.56. The molecule has 4 heterocycles. The van der Waals surface area contributed by atoms with Gasteiger partial charge in [-0.2, -0.15) is 0 Å². The molecular weight excluding hydrogens is 823 g/mol. The van der Waals surface area contributed by atoms with Crippen LogP contribution in [0.2, 0.25) is 10.0 Å². The second-order valence-corrected chi connectivity index (χ2v) is 17.6. The van der Waals surface area contributed by atoms with Crippen LogP contribution in [0.5, 0.6) is 11.5 Å². The second-order valence-electron chi connectivity index (χ2n) is 16.8. The maximum absolute atomic E-state index is 14.4. The van der Waals surface area contributed by atoms with Crippen molar-refractivity contribution < 1.29 is 28.5 Å². The molecule has 62 heavy (non-hydrogen) atoms. The summed E-state index contributed by atoms with van der Waals surface area (Å²) in [7, 11) is 3.45. The molecule has 12 heteroatoms. The van der Waals surface area contributed by atoms with Crippen molar-refractivity contribution in [2.75, 3.05) is 45.4 Å². The number of pyridine rings is 1. The number of carbonyl (C=O) groups excluding carboxylic acids is 2. The first kappa shape index (κ1) is 43.5. The third kappa shape index (κ3) is 9.59. The number of aryl methyl sites for hydroxylation is 1. The molecule has 0 bridgehead atoms. The van der Waals surface area contributed by atoms with Crippen LogP contribution in [-0.4, -0.2) is 74.3 Å². The number of fused-ring (bicyclic) bond motifs is 2. The molecule has 1 fully saturated rings. The number of carbonyl (C=O) groups is 2. The van der Waals surface area contributed by atoms with E-state index in [1.807, 2.05) is 55.6 Å². The highest BCUT2D eigenvalue weighted by Crippen LogP contribution is 2.41. The van der Waals surface area contributed by atoms with Crippen molar-refractivity contribution in [3.05, 3.63) is 140 Å². The number of amides is 1. The number of methoxy groups -OCH3 is 1. The molecular formula is C50H54Cl2N4O6. The molecule has 1 saturated heterocycles. The normalized spacial score (nSPS) is 18.6. The number of benzene rings is 4. The van der Waals surface area contributed by atoms with Crippen molar-refractivity contribution in [2.24, 2.45) is 5.92 Å². The number of nitrogens with one attached hydrogen (secondary N) is 1. The van der Waals surface area contributed by atoms with Gasteiger partial charge in [0.25, 0.3) is 0 Å². The van der Waals surface area contributed by atoms with E-state index in [0.717, 1.165) is 86.8 Å². The molecule has 324 valence electrons. The summed E-state index contributed by atoms with van der Waals surface area (Å²) in [5, 5.41) is 4.13. The number of anilines is 1. The molecule has 0 saturated carbocycles. The van der Waals surface area contributed by atoms with Crippen LogP contribution in [0.3, 0.4) is 0 Å². The van der Waals surface area contributed by atoms with E-state index >= 15 is 0 Å². The van der Waals surface area contributed by atoms with Gasteiger partial charge in [-0.1, -0.05) is 72.6 Å². The third-order valence-corrected chi connectivity index (χ3v) is 13.3. The van der Waals surface area contributed by atoms with E-state index in [1.165, 1.54) is 7.11 Å². The van der Waals surface area contributed by atoms with Crippen molar-refractivity contribution in [3.63, 3.8) is 0 Å². The first-order valence-corrected chi connectivity index (χ1v) is 22.2. The molecule has 0 radical (unpaired) electrons. The number of rotatable bonds is 13. The smallest absolute Gasteiger partial charge is 0.328 e. The minimum absolute atomic E-state index is 0.163. The van der Waals surface area contributed by atoms with Crippen LogP contribution in [0.15, 0.2) is 91.1 Å². The average molecular weight is 878 g/mol. The largest absolute Gasteiger partial charge is 0.486 e. The minimum Gasteiger partial charge on any atom is -0.486 e. The van der Waals surface area contributed by atoms with E-state index in [-0.39, 0.29) is 18.1 Å². The van der Waals surface area contributed by atoms with E-state index in [0.29, 0.717) is 55.1 Å². The Morgan fingerprint density at radius 2 is 1.73 bits per heavy atom. The Hall–Kier alpha value is -5.13. The molecule has 0 spiro atoms. The topological polar surface area (TPSA) is 102 Å². The Morgan fingerprint density at radius 3 is 2.42 bits per heavy atom. The van der Waals surface area contributed by atoms with Crippen molar-refractivity contribution in [1.82, 2.24) is 15.2 Å². The number of aromatic nitrogens is 1. The number of esters is 1. The van der Waals surface area contributed by atoms with Crippen LogP contribution >= 0.6 is 23.2 Å². The van der Waals surface area contributed by atoms with Gasteiger partial charge in [-0.25, -0.2) is 4.79 Å². The Bertz CT molecular complexity index is 2410. The zero-order valence-corrected chi connectivity index (χ0v) is 37.5. The maximum atomic E-state index is 14.4. The maximum Gasteiger partial charge on any atom is 0.328 e. The number of hydrogen-bond donors (Lipinski definition) is 1. The zero-order chi connectivity index (χ0) is 43.5. The molecule has 3 aliphatic heterocycles. The van der Waals surface area contributed by atoms with Gasteiger partial charge in [0.05, 0.1) is 42.1 Å². The summed E-state index contributed by atoms with van der Waals surface area (Å²) in [5.41, 5.74) is 10.5. The van der Waals surface area contributed by atoms with Crippen molar-refractivity contribution in [2.45, 2.75) is 77.3 Å². The zero-order valence-electron chi connectivity index (χ0n) is 36.0. The minimum atomic E-state index is -0.849. The molecule has 1 amide bonds. The summed E-state index contributed by atoms with van der Waals surface area (Å²) >= 11 is 12.5. The van der Waals surface area contributed by atoms with E-state index in [1.54, 1.807) is 6.07 Å². The first-order valence-electron chi connectivity index (χ1n) is 21.4. The Labute approximate surface area is 374 Å². The van der Waals surface area contributed by atoms with Crippen LogP contribution in [-0.2, 0) is 38.4 Å². The number of ether oxygens (including phenoxy) is 4. The molecule has 10 nitrogen and oxygen atoms in total. The van der Waals surface area contributed by atoms with Crippen molar-refractivity contribution in [1.29, 1.82) is 0 Å². The summed E-state index contributed by atoms with van der Waals surface area (Å²) in [6.45, 7) is 9.53. The van der Waals surface area contributed by atoms with Gasteiger partial charge < -0.3 is 29.2 Å². The molecule has 0 aliphatic carbocycles. The predicted molar refractivity (Wildman–Crippen MR) is 243 cm³/mol. The van der Waals surface area contributed by atoms with E-state index in [2.05, 4.69) is 77.4 Å². The predicted octanol–water partition coefficient (Wildman–Crippen LogP) is 9.44. The Morgan fingerprint density at radius 1 is 0.952 bits per heavy atom. The van der Waals surface area contributed by atoms with Gasteiger partial charge >= 0.3 is 5.97 Å². The molecule has 1 aromatic heterocycles. The molecule has 0 unspecified atom stereocenters. The fourth-order valence-electron chi connectivity index (χ4n) is 8.74. The third-order valence-electron chi connectivity index (χ3n) is 12.6. The lowest BCUT2D eigenvalue weighted by molar-refractivity contribution is -0.146. The van der Waals surface area contributed by atoms with E-state index in [4.69, 9.17) is 42.1 Å². The van der Waals surface area contributed by atoms with Gasteiger partial charge in [0, 0.05) is 57.3 Å². The second kappa shape index (κ2) is 19.1. The summed E-state index contributed by atoms with van der Waals surface area (Å²) in [6.07, 6.45) is 3.85. The van der Waals surface area contributed by atoms with Gasteiger partial charge in [0.15, 0.2) is 0 Å². The standard InChI is InChI=1S/C50H54Cl2N4O6/c1-6-46(36-13-16-41(51)42(52)22-36)61-39-14-11-35(12-15-39)47-18-20-55(4)44-23-37-24-45(56(26-33-28-60-29-33)27-38(37)25-48(44)62-47)49(57)54-43(50(58)59-5)21-32-7-9-34(10-8-32)40-17-19-53-31(3)30(40)2/h7-17,19,22-23,25,33,43,45-47H,6,18,20-21,24,26-29H2,1-5H3,(H,54,57)/t43-,45-,46+,47+/m0/s1. The fraction of sp³-hybridized carbons (Fsp3) is 0.380. The lowest BCUT2D eigenvalue weighted by atomic mass is 9.90. The SMILES string of the molecule is CC[C@@H](Oc1ccc([C@H]2CCN(C)c3cc4c(cc3O2)CN(CC2COC2)[C@H](C(=O)N[C@@H](Cc2ccc(-c3ccnc(C)c3C)cc2)C(=O)OC)C4)cc1)c1ccc(Cl)c(Cl)c1. The average Bonchev–Trinajstić information content (AvgIpc) is 3.42. The summed E-state index contributed by atoms with van der Waals surface area (Å²) in [6, 6.07) is 26.9. The lowest BCUT2D eigenvalue weighted by Gasteiger charge is -2.40. The molecule has 4 aromatic carbocycles. The fourth-order valence-corrected chi connectivity index (χ4v) is 9.04. The van der Waals surface area contributed by atoms with Crippen LogP contribution < -0.4 is 19.7 Å². The molecule has 3 aliphatic rings. The Balaban J connectivity index is 0.982. The highest BCUT2D eigenvalue weighted by Gasteiger charge is 2.37. The quantitative estimate of drug-likeness (QED) is 0.116. The van der Waals surface area contributed by atoms with Gasteiger partial charge in [-0.3, -0.25) is 14.7 Å². The van der Waals surface area contributed by atoms with Crippen LogP contribution in [0.4, 0.5) is 5.69 Å². The van der Waals surface area contributed by atoms with Crippen LogP contribution in [0.25, 0.3) is 11.1 Å². The molecule has 1 N–H and O–H groups in total. The first-order chi connectivity index (χ1) is 30.0. The number of halogens is 2. The highest BCUT2D eigenvalue weighted by molar-refractivity contribution is 6.42.